The lowest BCUT2D eigenvalue weighted by Crippen LogP contribution is -2.21. The molecule has 2 rings (SSSR count). The maximum Gasteiger partial charge on any atom is 0.272 e. The van der Waals surface area contributed by atoms with Crippen LogP contribution in [-0.4, -0.2) is 25.8 Å². The number of aliphatic hydroxyl groups is 2. The number of aliphatic hydroxyl groups excluding tert-OH is 1. The van der Waals surface area contributed by atoms with Gasteiger partial charge in [-0.15, -0.1) is 0 Å². The molecule has 5 heteroatoms. The molecule has 0 aliphatic carbocycles. The van der Waals surface area contributed by atoms with Crippen molar-refractivity contribution in [2.24, 2.45) is 5.92 Å². The third kappa shape index (κ3) is 5.15. The summed E-state index contributed by atoms with van der Waals surface area (Å²) in [5.41, 5.74) is 0.537. The Hall–Kier alpha value is -1.72. The number of para-hydroxylation sites is 2. The Morgan fingerprint density at radius 2 is 2.00 bits per heavy atom. The smallest absolute Gasteiger partial charge is 0.272 e. The Morgan fingerprint density at radius 1 is 1.30 bits per heavy atom. The molecule has 0 spiro atoms. The normalized spacial score (nSPS) is 14.8. The van der Waals surface area contributed by atoms with Crippen molar-refractivity contribution in [3.8, 4) is 0 Å². The molecule has 0 radical (unpaired) electrons. The Labute approximate surface area is 136 Å². The molecule has 0 saturated heterocycles. The molecule has 0 fully saturated rings. The summed E-state index contributed by atoms with van der Waals surface area (Å²) >= 11 is 0. The van der Waals surface area contributed by atoms with E-state index in [4.69, 9.17) is 0 Å². The molecule has 5 nitrogen and oxygen atoms in total. The summed E-state index contributed by atoms with van der Waals surface area (Å²) in [5, 5.41) is 20.1. The first-order chi connectivity index (χ1) is 10.8. The van der Waals surface area contributed by atoms with E-state index in [0.29, 0.717) is 17.5 Å². The summed E-state index contributed by atoms with van der Waals surface area (Å²) < 4.78 is 0. The van der Waals surface area contributed by atoms with Crippen LogP contribution in [0.4, 0.5) is 0 Å². The SMILES string of the molecule is CC(CCCC(C)(C)O)CC(O)c1nc2ccccc2[nH]c1=O. The zero-order valence-electron chi connectivity index (χ0n) is 14.0. The molecule has 0 bridgehead atoms. The van der Waals surface area contributed by atoms with E-state index in [1.165, 1.54) is 0 Å². The maximum atomic E-state index is 12.1. The molecule has 1 aromatic carbocycles. The molecule has 0 aliphatic heterocycles. The van der Waals surface area contributed by atoms with Gasteiger partial charge in [0, 0.05) is 0 Å². The van der Waals surface area contributed by atoms with Crippen molar-refractivity contribution in [1.29, 1.82) is 0 Å². The summed E-state index contributed by atoms with van der Waals surface area (Å²) in [5.74, 6) is 0.250. The van der Waals surface area contributed by atoms with Gasteiger partial charge in [-0.2, -0.15) is 0 Å². The van der Waals surface area contributed by atoms with Crippen LogP contribution in [0.5, 0.6) is 0 Å². The van der Waals surface area contributed by atoms with Gasteiger partial charge in [0.15, 0.2) is 0 Å². The second-order valence-corrected chi connectivity index (χ2v) is 7.03. The van der Waals surface area contributed by atoms with Crippen molar-refractivity contribution >= 4 is 11.0 Å². The lowest BCUT2D eigenvalue weighted by Gasteiger charge is -2.19. The molecule has 2 unspecified atom stereocenters. The van der Waals surface area contributed by atoms with Crippen molar-refractivity contribution in [1.82, 2.24) is 9.97 Å². The summed E-state index contributed by atoms with van der Waals surface area (Å²) in [6.45, 7) is 5.64. The summed E-state index contributed by atoms with van der Waals surface area (Å²) in [6.07, 6.45) is 2.12. The minimum absolute atomic E-state index is 0.179. The minimum atomic E-state index is -0.875. The Balaban J connectivity index is 2.01. The van der Waals surface area contributed by atoms with Gasteiger partial charge in [-0.25, -0.2) is 4.98 Å². The molecular weight excluding hydrogens is 292 g/mol. The molecule has 0 amide bonds. The van der Waals surface area contributed by atoms with Crippen LogP contribution in [0.3, 0.4) is 0 Å². The van der Waals surface area contributed by atoms with Crippen LogP contribution < -0.4 is 5.56 Å². The maximum absolute atomic E-state index is 12.1. The van der Waals surface area contributed by atoms with Crippen molar-refractivity contribution in [3.63, 3.8) is 0 Å². The fourth-order valence-electron chi connectivity index (χ4n) is 2.76. The molecule has 1 heterocycles. The fourth-order valence-corrected chi connectivity index (χ4v) is 2.76. The molecule has 3 N–H and O–H groups in total. The second kappa shape index (κ2) is 7.23. The van der Waals surface area contributed by atoms with Gasteiger partial charge in [0.1, 0.15) is 11.8 Å². The Kier molecular flexibility index (Phi) is 5.55. The molecule has 1 aromatic heterocycles. The highest BCUT2D eigenvalue weighted by atomic mass is 16.3. The minimum Gasteiger partial charge on any atom is -0.390 e. The quantitative estimate of drug-likeness (QED) is 0.732. The number of nitrogens with zero attached hydrogens (tertiary/aromatic N) is 1. The van der Waals surface area contributed by atoms with E-state index in [-0.39, 0.29) is 17.2 Å². The Morgan fingerprint density at radius 3 is 2.70 bits per heavy atom. The number of fused-ring (bicyclic) bond motifs is 1. The van der Waals surface area contributed by atoms with E-state index in [2.05, 4.69) is 9.97 Å². The molecule has 126 valence electrons. The molecule has 23 heavy (non-hydrogen) atoms. The Bertz CT molecular complexity index is 703. The fraction of sp³-hybridized carbons (Fsp3) is 0.556. The van der Waals surface area contributed by atoms with Gasteiger partial charge >= 0.3 is 0 Å². The first kappa shape index (κ1) is 17.6. The van der Waals surface area contributed by atoms with Gasteiger partial charge in [0.05, 0.1) is 16.6 Å². The number of nitrogens with one attached hydrogen (secondary N) is 1. The van der Waals surface area contributed by atoms with Gasteiger partial charge in [0.2, 0.25) is 0 Å². The molecule has 0 aliphatic rings. The van der Waals surface area contributed by atoms with Crippen LogP contribution in [-0.2, 0) is 0 Å². The van der Waals surface area contributed by atoms with Gasteiger partial charge in [-0.1, -0.05) is 31.9 Å². The standard InChI is InChI=1S/C18H26N2O3/c1-12(7-6-10-18(2,3)23)11-15(21)16-17(22)20-14-9-5-4-8-13(14)19-16/h4-5,8-9,12,15,21,23H,6-7,10-11H2,1-3H3,(H,20,22). The highest BCUT2D eigenvalue weighted by Crippen LogP contribution is 2.23. The highest BCUT2D eigenvalue weighted by molar-refractivity contribution is 5.73. The van der Waals surface area contributed by atoms with E-state index in [1.807, 2.05) is 25.1 Å². The van der Waals surface area contributed by atoms with E-state index in [1.54, 1.807) is 19.9 Å². The molecule has 2 aromatic rings. The number of H-pyrrole nitrogens is 1. The number of rotatable bonds is 7. The first-order valence-electron chi connectivity index (χ1n) is 8.15. The van der Waals surface area contributed by atoms with Crippen LogP contribution in [0, 0.1) is 5.92 Å². The molecule has 0 saturated carbocycles. The van der Waals surface area contributed by atoms with Crippen LogP contribution in [0.2, 0.25) is 0 Å². The van der Waals surface area contributed by atoms with E-state index in [9.17, 15) is 15.0 Å². The second-order valence-electron chi connectivity index (χ2n) is 7.03. The van der Waals surface area contributed by atoms with Gasteiger partial charge < -0.3 is 15.2 Å². The molecular formula is C18H26N2O3. The van der Waals surface area contributed by atoms with Crippen LogP contribution in [0.1, 0.15) is 58.3 Å². The molecule has 2 atom stereocenters. The zero-order chi connectivity index (χ0) is 17.0. The average molecular weight is 318 g/mol. The monoisotopic (exact) mass is 318 g/mol. The predicted octanol–water partition coefficient (Wildman–Crippen LogP) is 2.92. The van der Waals surface area contributed by atoms with Gasteiger partial charge in [-0.05, 0) is 44.7 Å². The van der Waals surface area contributed by atoms with Crippen molar-refractivity contribution in [2.75, 3.05) is 0 Å². The topological polar surface area (TPSA) is 86.2 Å². The number of hydrogen-bond donors (Lipinski definition) is 3. The number of hydrogen-bond acceptors (Lipinski definition) is 4. The largest absolute Gasteiger partial charge is 0.390 e. The van der Waals surface area contributed by atoms with E-state index in [0.717, 1.165) is 19.3 Å². The third-order valence-electron chi connectivity index (χ3n) is 4.05. The van der Waals surface area contributed by atoms with Gasteiger partial charge in [-0.3, -0.25) is 4.79 Å². The van der Waals surface area contributed by atoms with Crippen LogP contribution in [0.25, 0.3) is 11.0 Å². The number of benzene rings is 1. The van der Waals surface area contributed by atoms with Gasteiger partial charge in [0.25, 0.3) is 5.56 Å². The summed E-state index contributed by atoms with van der Waals surface area (Å²) in [6, 6.07) is 7.29. The third-order valence-corrected chi connectivity index (χ3v) is 4.05. The average Bonchev–Trinajstić information content (AvgIpc) is 2.44. The summed E-state index contributed by atoms with van der Waals surface area (Å²) in [7, 11) is 0. The highest BCUT2D eigenvalue weighted by Gasteiger charge is 2.19. The predicted molar refractivity (Wildman–Crippen MR) is 91.3 cm³/mol. The zero-order valence-corrected chi connectivity index (χ0v) is 14.0. The lowest BCUT2D eigenvalue weighted by atomic mass is 9.93. The first-order valence-corrected chi connectivity index (χ1v) is 8.15. The van der Waals surface area contributed by atoms with Crippen molar-refractivity contribution in [2.45, 2.75) is 58.2 Å². The van der Waals surface area contributed by atoms with Crippen LogP contribution in [0.15, 0.2) is 29.1 Å². The van der Waals surface area contributed by atoms with E-state index < -0.39 is 11.7 Å². The van der Waals surface area contributed by atoms with Crippen LogP contribution >= 0.6 is 0 Å². The lowest BCUT2D eigenvalue weighted by molar-refractivity contribution is 0.0656. The van der Waals surface area contributed by atoms with Crippen molar-refractivity contribution < 1.29 is 10.2 Å². The van der Waals surface area contributed by atoms with Crippen molar-refractivity contribution in [3.05, 3.63) is 40.3 Å². The number of aromatic nitrogens is 2. The number of aromatic amines is 1. The summed E-state index contributed by atoms with van der Waals surface area (Å²) in [4.78, 5) is 19.2. The van der Waals surface area contributed by atoms with E-state index >= 15 is 0 Å².